The second-order valence-electron chi connectivity index (χ2n) is 4.82. The van der Waals surface area contributed by atoms with Crippen molar-refractivity contribution in [2.75, 3.05) is 0 Å². The van der Waals surface area contributed by atoms with Gasteiger partial charge >= 0.3 is 12.1 Å². The highest BCUT2D eigenvalue weighted by atomic mass is 19.4. The van der Waals surface area contributed by atoms with Crippen molar-refractivity contribution in [3.8, 4) is 5.75 Å². The maximum Gasteiger partial charge on any atom is 0.417 e. The first-order valence-corrected chi connectivity index (χ1v) is 6.34. The maximum atomic E-state index is 13.0. The summed E-state index contributed by atoms with van der Waals surface area (Å²) in [5.41, 5.74) is -0.300. The number of carbonyl (C=O) groups is 1. The molecule has 0 saturated heterocycles. The molecule has 2 aromatic rings. The van der Waals surface area contributed by atoms with Gasteiger partial charge in [-0.05, 0) is 55.3 Å². The maximum absolute atomic E-state index is 13.0. The number of halogens is 4. The first-order valence-electron chi connectivity index (χ1n) is 6.34. The van der Waals surface area contributed by atoms with Crippen LogP contribution in [0.3, 0.4) is 0 Å². The lowest BCUT2D eigenvalue weighted by atomic mass is 10.1. The molecule has 0 aliphatic heterocycles. The lowest BCUT2D eigenvalue weighted by molar-refractivity contribution is -0.138. The average Bonchev–Trinajstić information content (AvgIpc) is 2.41. The third-order valence-electron chi connectivity index (χ3n) is 3.20. The zero-order valence-electron chi connectivity index (χ0n) is 11.8. The number of rotatable bonds is 2. The van der Waals surface area contributed by atoms with Crippen molar-refractivity contribution >= 4 is 5.97 Å². The van der Waals surface area contributed by atoms with Crippen molar-refractivity contribution in [2.45, 2.75) is 20.0 Å². The lowest BCUT2D eigenvalue weighted by Gasteiger charge is -2.12. The van der Waals surface area contributed by atoms with E-state index in [1.807, 2.05) is 6.92 Å². The van der Waals surface area contributed by atoms with E-state index in [9.17, 15) is 22.4 Å². The topological polar surface area (TPSA) is 26.3 Å². The number of alkyl halides is 3. The van der Waals surface area contributed by atoms with E-state index in [1.165, 1.54) is 6.07 Å². The average molecular weight is 312 g/mol. The van der Waals surface area contributed by atoms with Crippen LogP contribution in [0.5, 0.6) is 5.75 Å². The molecule has 22 heavy (non-hydrogen) atoms. The standard InChI is InChI=1S/C16H12F4O2/c1-9-3-5-12(7-10(9)2)22-15(21)13-6-4-11(17)8-14(13)16(18,19)20/h3-8H,1-2H3. The summed E-state index contributed by atoms with van der Waals surface area (Å²) in [6.45, 7) is 3.63. The highest BCUT2D eigenvalue weighted by Gasteiger charge is 2.36. The fraction of sp³-hybridized carbons (Fsp3) is 0.188. The fourth-order valence-electron chi connectivity index (χ4n) is 1.87. The summed E-state index contributed by atoms with van der Waals surface area (Å²) in [5.74, 6) is -2.13. The Labute approximate surface area is 124 Å². The van der Waals surface area contributed by atoms with E-state index in [-0.39, 0.29) is 11.8 Å². The number of hydrogen-bond donors (Lipinski definition) is 0. The van der Waals surface area contributed by atoms with Gasteiger partial charge in [0.1, 0.15) is 11.6 Å². The third kappa shape index (κ3) is 3.44. The van der Waals surface area contributed by atoms with Crippen LogP contribution < -0.4 is 4.74 Å². The molecule has 0 amide bonds. The minimum Gasteiger partial charge on any atom is -0.423 e. The van der Waals surface area contributed by atoms with E-state index in [0.29, 0.717) is 0 Å². The van der Waals surface area contributed by atoms with Crippen LogP contribution in [0.25, 0.3) is 0 Å². The summed E-state index contributed by atoms with van der Waals surface area (Å²) in [5, 5.41) is 0. The molecule has 0 saturated carbocycles. The van der Waals surface area contributed by atoms with Gasteiger partial charge in [-0.15, -0.1) is 0 Å². The van der Waals surface area contributed by atoms with E-state index >= 15 is 0 Å². The first kappa shape index (κ1) is 16.0. The quantitative estimate of drug-likeness (QED) is 0.457. The van der Waals surface area contributed by atoms with Gasteiger partial charge in [0.15, 0.2) is 0 Å². The van der Waals surface area contributed by atoms with Crippen molar-refractivity contribution < 1.29 is 27.1 Å². The van der Waals surface area contributed by atoms with Gasteiger partial charge < -0.3 is 4.74 Å². The molecule has 0 fully saturated rings. The number of hydrogen-bond acceptors (Lipinski definition) is 2. The summed E-state index contributed by atoms with van der Waals surface area (Å²) >= 11 is 0. The van der Waals surface area contributed by atoms with Gasteiger partial charge in [-0.2, -0.15) is 13.2 Å². The molecule has 0 heterocycles. The molecule has 0 aliphatic rings. The van der Waals surface area contributed by atoms with Crippen LogP contribution in [0.4, 0.5) is 17.6 Å². The first-order chi connectivity index (χ1) is 10.2. The molecule has 6 heteroatoms. The van der Waals surface area contributed by atoms with Crippen LogP contribution in [0.1, 0.15) is 27.0 Å². The molecule has 0 spiro atoms. The van der Waals surface area contributed by atoms with Crippen molar-refractivity contribution in [3.05, 3.63) is 64.5 Å². The summed E-state index contributed by atoms with van der Waals surface area (Å²) < 4.78 is 56.6. The van der Waals surface area contributed by atoms with E-state index in [0.717, 1.165) is 23.3 Å². The molecule has 0 bridgehead atoms. The Morgan fingerprint density at radius 2 is 1.68 bits per heavy atom. The zero-order valence-corrected chi connectivity index (χ0v) is 11.8. The molecule has 0 atom stereocenters. The van der Waals surface area contributed by atoms with Gasteiger partial charge in [-0.25, -0.2) is 9.18 Å². The molecule has 0 N–H and O–H groups in total. The van der Waals surface area contributed by atoms with Crippen molar-refractivity contribution in [3.63, 3.8) is 0 Å². The van der Waals surface area contributed by atoms with Gasteiger partial charge in [-0.1, -0.05) is 6.07 Å². The Morgan fingerprint density at radius 1 is 1.00 bits per heavy atom. The Hall–Kier alpha value is -2.37. The van der Waals surface area contributed by atoms with Crippen molar-refractivity contribution in [2.24, 2.45) is 0 Å². The summed E-state index contributed by atoms with van der Waals surface area (Å²) in [6, 6.07) is 6.54. The minimum absolute atomic E-state index is 0.130. The van der Waals surface area contributed by atoms with Gasteiger partial charge in [0, 0.05) is 0 Å². The Morgan fingerprint density at radius 3 is 2.27 bits per heavy atom. The molecule has 0 aliphatic carbocycles. The molecule has 2 aromatic carbocycles. The molecule has 2 rings (SSSR count). The Balaban J connectivity index is 2.35. The number of carbonyl (C=O) groups excluding carboxylic acids is 1. The van der Waals surface area contributed by atoms with Gasteiger partial charge in [0.25, 0.3) is 0 Å². The smallest absolute Gasteiger partial charge is 0.417 e. The van der Waals surface area contributed by atoms with Gasteiger partial charge in [-0.3, -0.25) is 0 Å². The molecular weight excluding hydrogens is 300 g/mol. The SMILES string of the molecule is Cc1ccc(OC(=O)c2ccc(F)cc2C(F)(F)F)cc1C. The normalized spacial score (nSPS) is 11.4. The summed E-state index contributed by atoms with van der Waals surface area (Å²) in [6.07, 6.45) is -4.85. The van der Waals surface area contributed by atoms with Crippen molar-refractivity contribution in [1.82, 2.24) is 0 Å². The molecule has 116 valence electrons. The highest BCUT2D eigenvalue weighted by molar-refractivity contribution is 5.92. The third-order valence-corrected chi connectivity index (χ3v) is 3.20. The fourth-order valence-corrected chi connectivity index (χ4v) is 1.87. The molecule has 0 aromatic heterocycles. The van der Waals surface area contributed by atoms with Crippen LogP contribution in [0, 0.1) is 19.7 Å². The largest absolute Gasteiger partial charge is 0.423 e. The van der Waals surface area contributed by atoms with E-state index in [1.54, 1.807) is 19.1 Å². The Kier molecular flexibility index (Phi) is 4.21. The van der Waals surface area contributed by atoms with Crippen LogP contribution in [0.15, 0.2) is 36.4 Å². The number of ether oxygens (including phenoxy) is 1. The lowest BCUT2D eigenvalue weighted by Crippen LogP contribution is -2.17. The molecule has 0 radical (unpaired) electrons. The summed E-state index contributed by atoms with van der Waals surface area (Å²) in [7, 11) is 0. The predicted molar refractivity (Wildman–Crippen MR) is 72.3 cm³/mol. The number of aryl methyl sites for hydroxylation is 2. The minimum atomic E-state index is -4.85. The second kappa shape index (κ2) is 5.79. The number of esters is 1. The summed E-state index contributed by atoms with van der Waals surface area (Å²) in [4.78, 5) is 11.9. The van der Waals surface area contributed by atoms with Gasteiger partial charge in [0.2, 0.25) is 0 Å². The van der Waals surface area contributed by atoms with E-state index in [2.05, 4.69) is 0 Å². The van der Waals surface area contributed by atoms with Crippen LogP contribution in [-0.4, -0.2) is 5.97 Å². The Bertz CT molecular complexity index is 721. The molecular formula is C16H12F4O2. The van der Waals surface area contributed by atoms with Crippen LogP contribution >= 0.6 is 0 Å². The van der Waals surface area contributed by atoms with Gasteiger partial charge in [0.05, 0.1) is 11.1 Å². The number of benzene rings is 2. The van der Waals surface area contributed by atoms with Crippen LogP contribution in [0.2, 0.25) is 0 Å². The highest BCUT2D eigenvalue weighted by Crippen LogP contribution is 2.33. The molecule has 2 nitrogen and oxygen atoms in total. The zero-order chi connectivity index (χ0) is 16.5. The monoisotopic (exact) mass is 312 g/mol. The van der Waals surface area contributed by atoms with E-state index in [4.69, 9.17) is 4.74 Å². The predicted octanol–water partition coefficient (Wildman–Crippen LogP) is 4.68. The van der Waals surface area contributed by atoms with E-state index < -0.39 is 29.1 Å². The second-order valence-corrected chi connectivity index (χ2v) is 4.82. The van der Waals surface area contributed by atoms with Crippen molar-refractivity contribution in [1.29, 1.82) is 0 Å². The van der Waals surface area contributed by atoms with Crippen LogP contribution in [-0.2, 0) is 6.18 Å². The molecule has 0 unspecified atom stereocenters.